The van der Waals surface area contributed by atoms with E-state index in [9.17, 15) is 15.0 Å². The fraction of sp³-hybridized carbons (Fsp3) is 0.150. The van der Waals surface area contributed by atoms with Crippen molar-refractivity contribution in [1.29, 1.82) is 0 Å². The van der Waals surface area contributed by atoms with Gasteiger partial charge >= 0.3 is 5.97 Å². The number of methoxy groups -OCH3 is 1. The van der Waals surface area contributed by atoms with Crippen molar-refractivity contribution in [1.82, 2.24) is 4.98 Å². The van der Waals surface area contributed by atoms with Gasteiger partial charge in [0.05, 0.1) is 13.7 Å². The first kappa shape index (κ1) is 17.4. The van der Waals surface area contributed by atoms with E-state index in [2.05, 4.69) is 4.98 Å². The highest BCUT2D eigenvalue weighted by Gasteiger charge is 2.06. The molecule has 0 aliphatic rings. The Morgan fingerprint density at radius 3 is 2.77 bits per heavy atom. The largest absolute Gasteiger partial charge is 0.504 e. The van der Waals surface area contributed by atoms with Crippen LogP contribution in [0.2, 0.25) is 0 Å². The maximum Gasteiger partial charge on any atom is 0.330 e. The highest BCUT2D eigenvalue weighted by atomic mass is 16.5. The smallest absolute Gasteiger partial charge is 0.330 e. The van der Waals surface area contributed by atoms with E-state index in [0.29, 0.717) is 12.0 Å². The Bertz CT molecular complexity index is 958. The Hall–Kier alpha value is -3.41. The van der Waals surface area contributed by atoms with E-state index >= 15 is 0 Å². The molecule has 0 aliphatic heterocycles. The lowest BCUT2D eigenvalue weighted by Crippen LogP contribution is -2.04. The lowest BCUT2D eigenvalue weighted by molar-refractivity contribution is -0.137. The van der Waals surface area contributed by atoms with Gasteiger partial charge in [0, 0.05) is 29.6 Å². The number of phenolic OH excluding ortho intramolecular Hbond substituents is 2. The first-order chi connectivity index (χ1) is 12.6. The number of rotatable bonds is 6. The third kappa shape index (κ3) is 3.97. The highest BCUT2D eigenvalue weighted by Crippen LogP contribution is 2.25. The van der Waals surface area contributed by atoms with Crippen molar-refractivity contribution in [2.45, 2.75) is 6.42 Å². The molecule has 1 heterocycles. The van der Waals surface area contributed by atoms with Gasteiger partial charge in [-0.3, -0.25) is 0 Å². The fourth-order valence-electron chi connectivity index (χ4n) is 2.61. The first-order valence-electron chi connectivity index (χ1n) is 8.07. The maximum atomic E-state index is 11.8. The lowest BCUT2D eigenvalue weighted by Gasteiger charge is -2.03. The number of fused-ring (bicyclic) bond motifs is 1. The molecule has 0 bridgehead atoms. The molecule has 0 saturated carbocycles. The van der Waals surface area contributed by atoms with Crippen molar-refractivity contribution in [3.8, 4) is 17.2 Å². The number of esters is 1. The molecule has 0 unspecified atom stereocenters. The van der Waals surface area contributed by atoms with Gasteiger partial charge < -0.3 is 24.7 Å². The predicted molar refractivity (Wildman–Crippen MR) is 98.3 cm³/mol. The summed E-state index contributed by atoms with van der Waals surface area (Å²) in [6, 6.07) is 10.1. The summed E-state index contributed by atoms with van der Waals surface area (Å²) in [7, 11) is 1.62. The van der Waals surface area contributed by atoms with Crippen LogP contribution in [0.5, 0.6) is 17.2 Å². The number of nitrogens with one attached hydrogen (secondary N) is 1. The molecule has 0 atom stereocenters. The highest BCUT2D eigenvalue weighted by molar-refractivity contribution is 5.87. The summed E-state index contributed by atoms with van der Waals surface area (Å²) in [5.41, 5.74) is 2.62. The van der Waals surface area contributed by atoms with Crippen LogP contribution in [-0.4, -0.2) is 34.9 Å². The molecule has 6 heteroatoms. The van der Waals surface area contributed by atoms with Gasteiger partial charge in [0.15, 0.2) is 11.5 Å². The minimum Gasteiger partial charge on any atom is -0.504 e. The fourth-order valence-corrected chi connectivity index (χ4v) is 2.61. The van der Waals surface area contributed by atoms with E-state index in [1.54, 1.807) is 13.2 Å². The van der Waals surface area contributed by atoms with Crippen molar-refractivity contribution in [2.75, 3.05) is 13.7 Å². The van der Waals surface area contributed by atoms with Gasteiger partial charge in [0.1, 0.15) is 5.75 Å². The number of hydrogen-bond acceptors (Lipinski definition) is 5. The number of aromatic hydroxyl groups is 2. The van der Waals surface area contributed by atoms with Gasteiger partial charge in [-0.15, -0.1) is 0 Å². The second kappa shape index (κ2) is 7.65. The molecule has 2 aromatic carbocycles. The van der Waals surface area contributed by atoms with Crippen molar-refractivity contribution in [3.63, 3.8) is 0 Å². The number of ether oxygens (including phenoxy) is 2. The summed E-state index contributed by atoms with van der Waals surface area (Å²) in [6.45, 7) is 0.244. The van der Waals surface area contributed by atoms with Crippen molar-refractivity contribution in [3.05, 3.63) is 59.8 Å². The SMILES string of the molecule is COc1ccc2[nH]cc(CCOC(=O)/C=C/c3ccc(O)c(O)c3)c2c1. The van der Waals surface area contributed by atoms with E-state index in [1.165, 1.54) is 24.3 Å². The molecule has 3 aromatic rings. The molecular formula is C20H19NO5. The normalized spacial score (nSPS) is 11.1. The Balaban J connectivity index is 1.56. The quantitative estimate of drug-likeness (QED) is 0.359. The maximum absolute atomic E-state index is 11.8. The number of benzene rings is 2. The van der Waals surface area contributed by atoms with Crippen LogP contribution in [0.4, 0.5) is 0 Å². The van der Waals surface area contributed by atoms with Crippen LogP contribution < -0.4 is 4.74 Å². The monoisotopic (exact) mass is 353 g/mol. The third-order valence-corrected chi connectivity index (χ3v) is 4.00. The minimum absolute atomic E-state index is 0.208. The summed E-state index contributed by atoms with van der Waals surface area (Å²) < 4.78 is 10.5. The number of hydrogen-bond donors (Lipinski definition) is 3. The zero-order valence-electron chi connectivity index (χ0n) is 14.2. The van der Waals surface area contributed by atoms with Crippen molar-refractivity contribution < 1.29 is 24.5 Å². The van der Waals surface area contributed by atoms with Crippen LogP contribution in [0.25, 0.3) is 17.0 Å². The number of phenols is 2. The van der Waals surface area contributed by atoms with E-state index < -0.39 is 5.97 Å². The number of H-pyrrole nitrogens is 1. The van der Waals surface area contributed by atoms with Crippen LogP contribution >= 0.6 is 0 Å². The zero-order chi connectivity index (χ0) is 18.5. The first-order valence-corrected chi connectivity index (χ1v) is 8.07. The Morgan fingerprint density at radius 2 is 2.00 bits per heavy atom. The summed E-state index contributed by atoms with van der Waals surface area (Å²) >= 11 is 0. The average molecular weight is 353 g/mol. The van der Waals surface area contributed by atoms with E-state index in [4.69, 9.17) is 9.47 Å². The molecule has 0 amide bonds. The van der Waals surface area contributed by atoms with Crippen molar-refractivity contribution >= 4 is 22.9 Å². The lowest BCUT2D eigenvalue weighted by atomic mass is 10.1. The van der Waals surface area contributed by atoms with Gasteiger partial charge in [-0.25, -0.2) is 4.79 Å². The number of aromatic nitrogens is 1. The number of carbonyl (C=O) groups excluding carboxylic acids is 1. The van der Waals surface area contributed by atoms with Crippen LogP contribution in [0.1, 0.15) is 11.1 Å². The van der Waals surface area contributed by atoms with E-state index in [0.717, 1.165) is 22.2 Å². The van der Waals surface area contributed by atoms with Gasteiger partial charge in [-0.05, 0) is 47.5 Å². The molecule has 3 rings (SSSR count). The molecule has 0 saturated heterocycles. The Kier molecular flexibility index (Phi) is 5.12. The summed E-state index contributed by atoms with van der Waals surface area (Å²) in [4.78, 5) is 15.0. The van der Waals surface area contributed by atoms with Crippen LogP contribution in [0.15, 0.2) is 48.7 Å². The average Bonchev–Trinajstić information content (AvgIpc) is 3.05. The van der Waals surface area contributed by atoms with E-state index in [-0.39, 0.29) is 18.1 Å². The Morgan fingerprint density at radius 1 is 1.15 bits per heavy atom. The molecule has 0 radical (unpaired) electrons. The van der Waals surface area contributed by atoms with E-state index in [1.807, 2.05) is 24.4 Å². The van der Waals surface area contributed by atoms with Gasteiger partial charge in [0.25, 0.3) is 0 Å². The molecule has 0 spiro atoms. The second-order valence-electron chi connectivity index (χ2n) is 5.72. The third-order valence-electron chi connectivity index (χ3n) is 4.00. The molecule has 26 heavy (non-hydrogen) atoms. The minimum atomic E-state index is -0.477. The van der Waals surface area contributed by atoms with Gasteiger partial charge in [-0.2, -0.15) is 0 Å². The molecule has 0 fully saturated rings. The topological polar surface area (TPSA) is 91.8 Å². The van der Waals surface area contributed by atoms with Crippen LogP contribution in [-0.2, 0) is 16.0 Å². The molecule has 134 valence electrons. The summed E-state index contributed by atoms with van der Waals surface area (Å²) in [5.74, 6) is -0.152. The summed E-state index contributed by atoms with van der Waals surface area (Å²) in [6.07, 6.45) is 5.27. The Labute approximate surface area is 150 Å². The van der Waals surface area contributed by atoms with Gasteiger partial charge in [-0.1, -0.05) is 6.07 Å². The number of carbonyl (C=O) groups is 1. The molecule has 1 aromatic heterocycles. The number of aromatic amines is 1. The second-order valence-corrected chi connectivity index (χ2v) is 5.72. The zero-order valence-corrected chi connectivity index (χ0v) is 14.2. The molecular weight excluding hydrogens is 334 g/mol. The standard InChI is InChI=1S/C20H19NO5/c1-25-15-4-5-17-16(11-15)14(12-21-17)8-9-26-20(24)7-3-13-2-6-18(22)19(23)10-13/h2-7,10-12,21-23H,8-9H2,1H3/b7-3+. The van der Waals surface area contributed by atoms with Crippen molar-refractivity contribution in [2.24, 2.45) is 0 Å². The van der Waals surface area contributed by atoms with Crippen LogP contribution in [0, 0.1) is 0 Å². The van der Waals surface area contributed by atoms with Gasteiger partial charge in [0.2, 0.25) is 0 Å². The van der Waals surface area contributed by atoms with Crippen LogP contribution in [0.3, 0.4) is 0 Å². The molecule has 3 N–H and O–H groups in total. The predicted octanol–water partition coefficient (Wildman–Crippen LogP) is 3.39. The molecule has 0 aliphatic carbocycles. The summed E-state index contributed by atoms with van der Waals surface area (Å²) in [5, 5.41) is 19.7. The molecule has 6 nitrogen and oxygen atoms in total.